The molecule has 0 saturated carbocycles. The van der Waals surface area contributed by atoms with Gasteiger partial charge in [0.15, 0.2) is 4.33 Å². The monoisotopic (exact) mass is 330 g/mol. The molecule has 0 atom stereocenters. The fourth-order valence-electron chi connectivity index (χ4n) is 2.15. The number of hydrogen-bond acceptors (Lipinski definition) is 2. The molecule has 7 heteroatoms. The van der Waals surface area contributed by atoms with E-state index in [4.69, 9.17) is 23.2 Å². The van der Waals surface area contributed by atoms with Crippen molar-refractivity contribution in [3.63, 3.8) is 0 Å². The molecular weight excluding hydrogens is 318 g/mol. The second-order valence-electron chi connectivity index (χ2n) is 4.19. The molecule has 18 heavy (non-hydrogen) atoms. The van der Waals surface area contributed by atoms with Gasteiger partial charge in [0.2, 0.25) is 0 Å². The van der Waals surface area contributed by atoms with Gasteiger partial charge in [-0.25, -0.2) is 0 Å². The molecule has 2 aromatic heterocycles. The van der Waals surface area contributed by atoms with E-state index in [1.165, 1.54) is 0 Å². The van der Waals surface area contributed by atoms with Crippen molar-refractivity contribution in [2.24, 2.45) is 0 Å². The Labute approximate surface area is 126 Å². The second-order valence-corrected chi connectivity index (χ2v) is 5.52. The molecule has 0 aromatic carbocycles. The van der Waals surface area contributed by atoms with Gasteiger partial charge in [0.05, 0.1) is 11.4 Å². The molecule has 0 bridgehead atoms. The first-order valence-corrected chi connectivity index (χ1v) is 6.03. The summed E-state index contributed by atoms with van der Waals surface area (Å²) in [4.78, 5) is 0. The minimum atomic E-state index is -1.14. The average molecular weight is 332 g/mol. The van der Waals surface area contributed by atoms with Crippen molar-refractivity contribution in [2.45, 2.75) is 32.0 Å². The molecule has 0 fully saturated rings. The van der Waals surface area contributed by atoms with Crippen molar-refractivity contribution in [2.75, 3.05) is 0 Å². The van der Waals surface area contributed by atoms with Crippen LogP contribution < -0.4 is 0 Å². The molecule has 0 spiro atoms. The number of aromatic amines is 2. The van der Waals surface area contributed by atoms with Crippen LogP contribution in [-0.4, -0.2) is 20.4 Å². The van der Waals surface area contributed by atoms with E-state index in [2.05, 4.69) is 20.4 Å². The Bertz CT molecular complexity index is 472. The summed E-state index contributed by atoms with van der Waals surface area (Å²) < 4.78 is -1.14. The standard InChI is InChI=1S/C11H14Cl2N4.Ni/c1-5-9(6(2)15-14-5)11(12,13)10-7(3)16-17-8(10)4;/h1-4H3,(H,14,15)(H,16,17);/q;+2. The Morgan fingerprint density at radius 2 is 1.17 bits per heavy atom. The van der Waals surface area contributed by atoms with Crippen molar-refractivity contribution in [1.29, 1.82) is 0 Å². The van der Waals surface area contributed by atoms with E-state index in [1.54, 1.807) is 0 Å². The third-order valence-electron chi connectivity index (χ3n) is 2.88. The van der Waals surface area contributed by atoms with Crippen molar-refractivity contribution in [3.05, 3.63) is 33.9 Å². The average Bonchev–Trinajstić information content (AvgIpc) is 2.71. The molecule has 2 heterocycles. The van der Waals surface area contributed by atoms with Gasteiger partial charge in [0.1, 0.15) is 0 Å². The third kappa shape index (κ3) is 2.32. The number of rotatable bonds is 2. The zero-order valence-corrected chi connectivity index (χ0v) is 13.0. The van der Waals surface area contributed by atoms with Gasteiger partial charge in [0, 0.05) is 22.5 Å². The van der Waals surface area contributed by atoms with Crippen LogP contribution in [0.25, 0.3) is 0 Å². The zero-order valence-electron chi connectivity index (χ0n) is 10.5. The first-order chi connectivity index (χ1) is 7.85. The first-order valence-electron chi connectivity index (χ1n) is 5.27. The van der Waals surface area contributed by atoms with Gasteiger partial charge in [0.25, 0.3) is 0 Å². The van der Waals surface area contributed by atoms with Crippen LogP contribution in [0.4, 0.5) is 0 Å². The number of hydrogen-bond donors (Lipinski definition) is 2. The minimum Gasteiger partial charge on any atom is -0.282 e. The zero-order chi connectivity index (χ0) is 12.8. The van der Waals surface area contributed by atoms with Crippen LogP contribution in [0.15, 0.2) is 0 Å². The normalized spacial score (nSPS) is 11.4. The Morgan fingerprint density at radius 1 is 0.833 bits per heavy atom. The summed E-state index contributed by atoms with van der Waals surface area (Å²) in [6, 6.07) is 0. The molecule has 0 aliphatic heterocycles. The number of aryl methyl sites for hydroxylation is 4. The van der Waals surface area contributed by atoms with Crippen LogP contribution in [0.2, 0.25) is 0 Å². The Hall–Kier alpha value is -0.506. The molecule has 2 N–H and O–H groups in total. The SMILES string of the molecule is Cc1n[nH]c(C)c1C(Cl)(Cl)c1c(C)n[nH]c1C.[Ni+2]. The van der Waals surface area contributed by atoms with Crippen LogP contribution in [0.5, 0.6) is 0 Å². The summed E-state index contributed by atoms with van der Waals surface area (Å²) in [5.41, 5.74) is 4.93. The molecule has 2 aromatic rings. The van der Waals surface area contributed by atoms with E-state index in [-0.39, 0.29) is 16.5 Å². The van der Waals surface area contributed by atoms with Crippen LogP contribution in [-0.2, 0) is 20.8 Å². The molecule has 0 unspecified atom stereocenters. The van der Waals surface area contributed by atoms with Gasteiger partial charge in [-0.2, -0.15) is 10.2 Å². The summed E-state index contributed by atoms with van der Waals surface area (Å²) in [6.45, 7) is 7.56. The number of halogens is 2. The van der Waals surface area contributed by atoms with Crippen molar-refractivity contribution >= 4 is 23.2 Å². The number of H-pyrrole nitrogens is 2. The number of alkyl halides is 2. The van der Waals surface area contributed by atoms with E-state index in [0.717, 1.165) is 33.9 Å². The van der Waals surface area contributed by atoms with E-state index in [1.807, 2.05) is 27.7 Å². The Morgan fingerprint density at radius 3 is 1.39 bits per heavy atom. The molecule has 0 aliphatic carbocycles. The maximum absolute atomic E-state index is 6.54. The molecule has 0 saturated heterocycles. The predicted octanol–water partition coefficient (Wildman–Crippen LogP) is 3.04. The first kappa shape index (κ1) is 15.6. The van der Waals surface area contributed by atoms with E-state index in [9.17, 15) is 0 Å². The van der Waals surface area contributed by atoms with E-state index in [0.29, 0.717) is 0 Å². The van der Waals surface area contributed by atoms with Gasteiger partial charge < -0.3 is 0 Å². The molecule has 100 valence electrons. The van der Waals surface area contributed by atoms with Gasteiger partial charge in [-0.3, -0.25) is 10.2 Å². The maximum Gasteiger partial charge on any atom is 2.00 e. The van der Waals surface area contributed by atoms with Crippen molar-refractivity contribution in [3.8, 4) is 0 Å². The summed E-state index contributed by atoms with van der Waals surface area (Å²) in [6.07, 6.45) is 0. The van der Waals surface area contributed by atoms with E-state index >= 15 is 0 Å². The van der Waals surface area contributed by atoms with Crippen LogP contribution in [0.1, 0.15) is 33.9 Å². The Balaban J connectivity index is 0.00000162. The fourth-order valence-corrected chi connectivity index (χ4v) is 3.27. The van der Waals surface area contributed by atoms with Crippen LogP contribution in [0, 0.1) is 27.7 Å². The molecule has 0 aliphatic rings. The summed E-state index contributed by atoms with van der Waals surface area (Å²) in [7, 11) is 0. The van der Waals surface area contributed by atoms with Crippen molar-refractivity contribution < 1.29 is 16.5 Å². The fraction of sp³-hybridized carbons (Fsp3) is 0.455. The number of nitrogens with one attached hydrogen (secondary N) is 2. The predicted molar refractivity (Wildman–Crippen MR) is 68.6 cm³/mol. The summed E-state index contributed by atoms with van der Waals surface area (Å²) in [5, 5.41) is 14.0. The molecule has 4 nitrogen and oxygen atoms in total. The summed E-state index contributed by atoms with van der Waals surface area (Å²) in [5.74, 6) is 0. The van der Waals surface area contributed by atoms with Gasteiger partial charge in [-0.05, 0) is 27.7 Å². The minimum absolute atomic E-state index is 0. The molecular formula is C11H14Cl2N4Ni+2. The largest absolute Gasteiger partial charge is 2.00 e. The van der Waals surface area contributed by atoms with Gasteiger partial charge in [-0.15, -0.1) is 0 Å². The third-order valence-corrected chi connectivity index (χ3v) is 3.64. The van der Waals surface area contributed by atoms with E-state index < -0.39 is 4.33 Å². The maximum atomic E-state index is 6.54. The summed E-state index contributed by atoms with van der Waals surface area (Å²) >= 11 is 13.1. The Kier molecular flexibility index (Phi) is 4.53. The van der Waals surface area contributed by atoms with Gasteiger partial charge in [-0.1, -0.05) is 23.2 Å². The van der Waals surface area contributed by atoms with Crippen LogP contribution >= 0.6 is 23.2 Å². The second kappa shape index (κ2) is 5.24. The van der Waals surface area contributed by atoms with Crippen molar-refractivity contribution in [1.82, 2.24) is 20.4 Å². The topological polar surface area (TPSA) is 57.4 Å². The number of nitrogens with zero attached hydrogens (tertiary/aromatic N) is 2. The smallest absolute Gasteiger partial charge is 0.282 e. The van der Waals surface area contributed by atoms with Gasteiger partial charge >= 0.3 is 16.5 Å². The van der Waals surface area contributed by atoms with Crippen LogP contribution in [0.3, 0.4) is 0 Å². The molecule has 0 radical (unpaired) electrons. The number of aromatic nitrogens is 4. The molecule has 0 amide bonds. The molecule has 2 rings (SSSR count). The quantitative estimate of drug-likeness (QED) is 0.656.